The molecule has 0 radical (unpaired) electrons. The van der Waals surface area contributed by atoms with Crippen LogP contribution in [0, 0.1) is 5.92 Å². The molecule has 0 unspecified atom stereocenters. The van der Waals surface area contributed by atoms with E-state index in [0.717, 1.165) is 11.3 Å². The molecule has 2 heterocycles. The lowest BCUT2D eigenvalue weighted by atomic mass is 9.92. The maximum Gasteiger partial charge on any atom is 0.226 e. The van der Waals surface area contributed by atoms with E-state index in [1.807, 2.05) is 54.7 Å². The van der Waals surface area contributed by atoms with Gasteiger partial charge in [-0.05, 0) is 17.7 Å². The summed E-state index contributed by atoms with van der Waals surface area (Å²) >= 11 is 0. The fourth-order valence-corrected chi connectivity index (χ4v) is 3.20. The topological polar surface area (TPSA) is 67.6 Å². The Bertz CT molecular complexity index is 671. The van der Waals surface area contributed by atoms with Crippen LogP contribution in [0.4, 0.5) is 0 Å². The summed E-state index contributed by atoms with van der Waals surface area (Å²) in [6.07, 6.45) is 4.12. The zero-order chi connectivity index (χ0) is 16.9. The predicted molar refractivity (Wildman–Crippen MR) is 89.7 cm³/mol. The van der Waals surface area contributed by atoms with Gasteiger partial charge in [-0.1, -0.05) is 18.2 Å². The molecule has 1 aliphatic heterocycles. The van der Waals surface area contributed by atoms with Gasteiger partial charge in [-0.2, -0.15) is 5.10 Å². The number of aryl methyl sites for hydroxylation is 1. The molecule has 128 valence electrons. The van der Waals surface area contributed by atoms with Crippen LogP contribution in [0.2, 0.25) is 0 Å². The molecule has 6 heteroatoms. The van der Waals surface area contributed by atoms with E-state index in [1.54, 1.807) is 4.68 Å². The van der Waals surface area contributed by atoms with Crippen LogP contribution in [-0.4, -0.2) is 52.0 Å². The highest BCUT2D eigenvalue weighted by Crippen LogP contribution is 2.32. The van der Waals surface area contributed by atoms with E-state index in [1.165, 1.54) is 0 Å². The van der Waals surface area contributed by atoms with E-state index in [0.29, 0.717) is 26.1 Å². The fraction of sp³-hybridized carbons (Fsp3) is 0.444. The van der Waals surface area contributed by atoms with Crippen LogP contribution >= 0.6 is 0 Å². The van der Waals surface area contributed by atoms with Crippen molar-refractivity contribution in [3.63, 3.8) is 0 Å². The van der Waals surface area contributed by atoms with Gasteiger partial charge in [0, 0.05) is 44.8 Å². The molecule has 24 heavy (non-hydrogen) atoms. The number of rotatable bonds is 6. The first-order valence-corrected chi connectivity index (χ1v) is 8.22. The number of carbonyl (C=O) groups excluding carboxylic acids is 1. The quantitative estimate of drug-likeness (QED) is 0.870. The molecular formula is C18H23N3O3. The van der Waals surface area contributed by atoms with Crippen LogP contribution in [0.5, 0.6) is 5.75 Å². The Morgan fingerprint density at radius 2 is 2.12 bits per heavy atom. The number of para-hydroxylation sites is 1. The number of aromatic nitrogens is 2. The number of aliphatic hydroxyl groups excluding tert-OH is 1. The van der Waals surface area contributed by atoms with Gasteiger partial charge in [0.05, 0.1) is 19.2 Å². The van der Waals surface area contributed by atoms with E-state index >= 15 is 0 Å². The lowest BCUT2D eigenvalue weighted by Crippen LogP contribution is -2.30. The summed E-state index contributed by atoms with van der Waals surface area (Å²) in [5.41, 5.74) is 1.08. The summed E-state index contributed by atoms with van der Waals surface area (Å²) in [4.78, 5) is 14.2. The number of benzene rings is 1. The van der Waals surface area contributed by atoms with E-state index in [9.17, 15) is 9.90 Å². The Morgan fingerprint density at radius 3 is 2.79 bits per heavy atom. The van der Waals surface area contributed by atoms with E-state index in [-0.39, 0.29) is 24.3 Å². The van der Waals surface area contributed by atoms with Gasteiger partial charge in [0.1, 0.15) is 5.75 Å². The third-order valence-electron chi connectivity index (χ3n) is 4.51. The monoisotopic (exact) mass is 329 g/mol. The van der Waals surface area contributed by atoms with Crippen LogP contribution in [0.1, 0.15) is 17.9 Å². The summed E-state index contributed by atoms with van der Waals surface area (Å²) in [5, 5.41) is 13.8. The molecule has 3 rings (SSSR count). The minimum Gasteiger partial charge on any atom is -0.493 e. The predicted octanol–water partition coefficient (Wildman–Crippen LogP) is 1.42. The first-order valence-electron chi connectivity index (χ1n) is 8.22. The van der Waals surface area contributed by atoms with Crippen molar-refractivity contribution in [2.24, 2.45) is 13.0 Å². The molecule has 0 saturated carbocycles. The second-order valence-electron chi connectivity index (χ2n) is 6.21. The first kappa shape index (κ1) is 16.5. The molecule has 2 atom stereocenters. The van der Waals surface area contributed by atoms with Crippen molar-refractivity contribution in [3.05, 3.63) is 48.3 Å². The average Bonchev–Trinajstić information content (AvgIpc) is 3.21. The largest absolute Gasteiger partial charge is 0.493 e. The summed E-state index contributed by atoms with van der Waals surface area (Å²) in [6, 6.07) is 9.49. The van der Waals surface area contributed by atoms with Gasteiger partial charge >= 0.3 is 0 Å². The van der Waals surface area contributed by atoms with Gasteiger partial charge in [0.25, 0.3) is 0 Å². The van der Waals surface area contributed by atoms with Crippen molar-refractivity contribution < 1.29 is 14.6 Å². The maximum atomic E-state index is 12.4. The molecule has 1 N–H and O–H groups in total. The zero-order valence-corrected chi connectivity index (χ0v) is 13.8. The normalized spacial score (nSPS) is 20.3. The molecule has 1 amide bonds. The minimum absolute atomic E-state index is 0.0631. The zero-order valence-electron chi connectivity index (χ0n) is 13.8. The highest BCUT2D eigenvalue weighted by Gasteiger charge is 2.36. The number of carbonyl (C=O) groups is 1. The van der Waals surface area contributed by atoms with Gasteiger partial charge in [0.15, 0.2) is 0 Å². The molecule has 1 saturated heterocycles. The highest BCUT2D eigenvalue weighted by molar-refractivity contribution is 5.76. The fourth-order valence-electron chi connectivity index (χ4n) is 3.20. The van der Waals surface area contributed by atoms with E-state index < -0.39 is 0 Å². The summed E-state index contributed by atoms with van der Waals surface area (Å²) < 4.78 is 7.35. The number of likely N-dealkylation sites (tertiary alicyclic amines) is 1. The number of aliphatic hydroxyl groups is 1. The molecule has 6 nitrogen and oxygen atoms in total. The minimum atomic E-state index is 0.0631. The second kappa shape index (κ2) is 7.49. The highest BCUT2D eigenvalue weighted by atomic mass is 16.5. The third-order valence-corrected chi connectivity index (χ3v) is 4.51. The second-order valence-corrected chi connectivity index (χ2v) is 6.21. The first-order chi connectivity index (χ1) is 11.7. The van der Waals surface area contributed by atoms with Crippen LogP contribution in [0.15, 0.2) is 42.7 Å². The van der Waals surface area contributed by atoms with Crippen LogP contribution in [-0.2, 0) is 11.8 Å². The Hall–Kier alpha value is -2.34. The van der Waals surface area contributed by atoms with Gasteiger partial charge in [-0.15, -0.1) is 0 Å². The van der Waals surface area contributed by atoms with Crippen LogP contribution in [0.3, 0.4) is 0 Å². The van der Waals surface area contributed by atoms with Crippen molar-refractivity contribution in [1.82, 2.24) is 14.7 Å². The van der Waals surface area contributed by atoms with Crippen molar-refractivity contribution in [2.75, 3.05) is 26.3 Å². The Kier molecular flexibility index (Phi) is 5.15. The Labute approximate surface area is 141 Å². The Balaban J connectivity index is 1.54. The average molecular weight is 329 g/mol. The van der Waals surface area contributed by atoms with Gasteiger partial charge in [0.2, 0.25) is 5.91 Å². The lowest BCUT2D eigenvalue weighted by Gasteiger charge is -2.16. The molecule has 1 aromatic carbocycles. The molecular weight excluding hydrogens is 306 g/mol. The van der Waals surface area contributed by atoms with Crippen molar-refractivity contribution in [2.45, 2.75) is 12.3 Å². The summed E-state index contributed by atoms with van der Waals surface area (Å²) in [5.74, 6) is 1.04. The smallest absolute Gasteiger partial charge is 0.226 e. The van der Waals surface area contributed by atoms with Crippen molar-refractivity contribution in [3.8, 4) is 5.75 Å². The maximum absolute atomic E-state index is 12.4. The standard InChI is InChI=1S/C18H23N3O3/c1-20-10-14(9-19-20)17-12-21(11-15(17)13-22)18(23)7-8-24-16-5-3-2-4-6-16/h2-6,9-10,15,17,22H,7-8,11-13H2,1H3/t15-,17-/m0/s1. The lowest BCUT2D eigenvalue weighted by molar-refractivity contribution is -0.130. The number of nitrogens with zero attached hydrogens (tertiary/aromatic N) is 3. The van der Waals surface area contributed by atoms with Gasteiger partial charge in [-0.25, -0.2) is 0 Å². The van der Waals surface area contributed by atoms with E-state index in [4.69, 9.17) is 4.74 Å². The van der Waals surface area contributed by atoms with E-state index in [2.05, 4.69) is 5.10 Å². The molecule has 0 aliphatic carbocycles. The number of hydrogen-bond acceptors (Lipinski definition) is 4. The molecule has 2 aromatic rings. The van der Waals surface area contributed by atoms with Crippen molar-refractivity contribution >= 4 is 5.91 Å². The number of amides is 1. The Morgan fingerprint density at radius 1 is 1.33 bits per heavy atom. The molecule has 0 spiro atoms. The molecule has 1 fully saturated rings. The third kappa shape index (κ3) is 3.76. The van der Waals surface area contributed by atoms with Crippen molar-refractivity contribution in [1.29, 1.82) is 0 Å². The summed E-state index contributed by atoms with van der Waals surface area (Å²) in [6.45, 7) is 1.64. The van der Waals surface area contributed by atoms with Crippen LogP contribution < -0.4 is 4.74 Å². The molecule has 0 bridgehead atoms. The number of hydrogen-bond donors (Lipinski definition) is 1. The SMILES string of the molecule is Cn1cc([C@@H]2CN(C(=O)CCOc3ccccc3)C[C@H]2CO)cn1. The molecule has 1 aromatic heterocycles. The van der Waals surface area contributed by atoms with Gasteiger partial charge in [-0.3, -0.25) is 9.48 Å². The summed E-state index contributed by atoms with van der Waals surface area (Å²) in [7, 11) is 1.87. The number of ether oxygens (including phenoxy) is 1. The van der Waals surface area contributed by atoms with Gasteiger partial charge < -0.3 is 14.7 Å². The van der Waals surface area contributed by atoms with Crippen LogP contribution in [0.25, 0.3) is 0 Å². The molecule has 1 aliphatic rings.